The lowest BCUT2D eigenvalue weighted by Gasteiger charge is -2.29. The molecule has 1 N–H and O–H groups in total. The van der Waals surface area contributed by atoms with Crippen LogP contribution in [0.3, 0.4) is 0 Å². The molecule has 0 aliphatic carbocycles. The average Bonchev–Trinajstić information content (AvgIpc) is 2.42. The number of likely N-dealkylation sites (N-methyl/N-ethyl adjacent to an activating group) is 1. The third-order valence-electron chi connectivity index (χ3n) is 3.43. The van der Waals surface area contributed by atoms with Crippen LogP contribution in [0, 0.1) is 0 Å². The molecule has 0 aliphatic heterocycles. The molecule has 0 fully saturated rings. The lowest BCUT2D eigenvalue weighted by atomic mass is 10.1. The normalized spacial score (nSPS) is 12.2. The summed E-state index contributed by atoms with van der Waals surface area (Å²) in [5.74, 6) is 1.14. The van der Waals surface area contributed by atoms with Crippen LogP contribution in [-0.4, -0.2) is 64.6 Å². The van der Waals surface area contributed by atoms with Crippen molar-refractivity contribution in [1.29, 1.82) is 0 Å². The first-order chi connectivity index (χ1) is 9.68. The molecular formula is C14H24NO5S+. The molecule has 7 heteroatoms. The van der Waals surface area contributed by atoms with E-state index >= 15 is 0 Å². The number of nitrogens with zero attached hydrogens (tertiary/aromatic N) is 1. The predicted molar refractivity (Wildman–Crippen MR) is 81.5 cm³/mol. The van der Waals surface area contributed by atoms with E-state index in [1.54, 1.807) is 14.2 Å². The largest absolute Gasteiger partial charge is 0.493 e. The molecule has 0 bridgehead atoms. The minimum Gasteiger partial charge on any atom is -0.493 e. The fraction of sp³-hybridized carbons (Fsp3) is 0.571. The summed E-state index contributed by atoms with van der Waals surface area (Å²) in [7, 11) is 3.12. The van der Waals surface area contributed by atoms with E-state index in [-0.39, 0.29) is 5.75 Å². The van der Waals surface area contributed by atoms with Crippen molar-refractivity contribution >= 4 is 10.1 Å². The van der Waals surface area contributed by atoms with Gasteiger partial charge < -0.3 is 14.0 Å². The van der Waals surface area contributed by atoms with Gasteiger partial charge in [-0.05, 0) is 6.07 Å². The Kier molecular flexibility index (Phi) is 6.00. The van der Waals surface area contributed by atoms with Crippen molar-refractivity contribution < 1.29 is 26.9 Å². The van der Waals surface area contributed by atoms with Gasteiger partial charge in [-0.15, -0.1) is 0 Å². The number of quaternary nitrogens is 1. The second-order valence-electron chi connectivity index (χ2n) is 5.57. The fourth-order valence-corrected chi connectivity index (χ4v) is 2.77. The predicted octanol–water partition coefficient (Wildman–Crippen LogP) is 1.21. The molecule has 6 nitrogen and oxygen atoms in total. The van der Waals surface area contributed by atoms with Crippen LogP contribution in [0.15, 0.2) is 18.2 Å². The Bertz CT molecular complexity index is 569. The van der Waals surface area contributed by atoms with Crippen LogP contribution in [0.4, 0.5) is 0 Å². The van der Waals surface area contributed by atoms with Crippen LogP contribution in [-0.2, 0) is 16.5 Å². The van der Waals surface area contributed by atoms with Gasteiger partial charge in [-0.2, -0.15) is 8.42 Å². The number of hydrogen-bond acceptors (Lipinski definition) is 4. The summed E-state index contributed by atoms with van der Waals surface area (Å²) < 4.78 is 41.7. The minimum absolute atomic E-state index is 0.241. The van der Waals surface area contributed by atoms with Crippen LogP contribution < -0.4 is 9.47 Å². The second-order valence-corrected chi connectivity index (χ2v) is 7.14. The molecule has 0 unspecified atom stereocenters. The first-order valence-electron chi connectivity index (χ1n) is 6.65. The van der Waals surface area contributed by atoms with E-state index < -0.39 is 10.1 Å². The molecule has 120 valence electrons. The molecular weight excluding hydrogens is 294 g/mol. The Morgan fingerprint density at radius 1 is 1.14 bits per heavy atom. The van der Waals surface area contributed by atoms with E-state index in [1.165, 1.54) is 0 Å². The molecule has 0 spiro atoms. The van der Waals surface area contributed by atoms with E-state index in [0.29, 0.717) is 22.5 Å². The average molecular weight is 318 g/mol. The molecule has 0 saturated heterocycles. The number of rotatable bonds is 8. The molecule has 1 rings (SSSR count). The highest BCUT2D eigenvalue weighted by atomic mass is 32.2. The summed E-state index contributed by atoms with van der Waals surface area (Å²) in [5.41, 5.74) is 1.01. The molecule has 0 aromatic heterocycles. The molecule has 21 heavy (non-hydrogen) atoms. The molecule has 0 amide bonds. The number of hydrogen-bond donors (Lipinski definition) is 1. The molecule has 1 aromatic rings. The third-order valence-corrected chi connectivity index (χ3v) is 4.12. The summed E-state index contributed by atoms with van der Waals surface area (Å²) in [6.45, 7) is 1.07. The van der Waals surface area contributed by atoms with Gasteiger partial charge in [0.05, 0.1) is 41.4 Å². The van der Waals surface area contributed by atoms with Crippen LogP contribution in [0.5, 0.6) is 11.5 Å². The topological polar surface area (TPSA) is 72.8 Å². The van der Waals surface area contributed by atoms with Crippen molar-refractivity contribution in [2.45, 2.75) is 6.42 Å². The Balaban J connectivity index is 2.74. The lowest BCUT2D eigenvalue weighted by molar-refractivity contribution is -0.887. The zero-order chi connectivity index (χ0) is 16.1. The zero-order valence-corrected chi connectivity index (χ0v) is 13.8. The third kappa shape index (κ3) is 5.91. The van der Waals surface area contributed by atoms with E-state index in [2.05, 4.69) is 0 Å². The van der Waals surface area contributed by atoms with Gasteiger partial charge in [0.25, 0.3) is 10.1 Å². The molecule has 0 radical (unpaired) electrons. The Hall–Kier alpha value is -1.31. The Labute approximate surface area is 126 Å². The Morgan fingerprint density at radius 3 is 2.33 bits per heavy atom. The van der Waals surface area contributed by atoms with Gasteiger partial charge >= 0.3 is 0 Å². The SMILES string of the molecule is COc1cccc(CC[N+](C)(C)CCS(=O)(=O)O)c1OC. The van der Waals surface area contributed by atoms with Crippen LogP contribution in [0.25, 0.3) is 0 Å². The van der Waals surface area contributed by atoms with Crippen LogP contribution >= 0.6 is 0 Å². The summed E-state index contributed by atoms with van der Waals surface area (Å²) in [4.78, 5) is 0. The van der Waals surface area contributed by atoms with E-state index in [1.807, 2.05) is 32.3 Å². The zero-order valence-electron chi connectivity index (χ0n) is 13.0. The van der Waals surface area contributed by atoms with Gasteiger partial charge in [-0.25, -0.2) is 0 Å². The van der Waals surface area contributed by atoms with Crippen molar-refractivity contribution in [3.63, 3.8) is 0 Å². The summed E-state index contributed by atoms with van der Waals surface area (Å²) in [6, 6.07) is 5.69. The highest BCUT2D eigenvalue weighted by Crippen LogP contribution is 2.31. The fourth-order valence-electron chi connectivity index (χ4n) is 2.05. The highest BCUT2D eigenvalue weighted by Gasteiger charge is 2.20. The van der Waals surface area contributed by atoms with Crippen molar-refractivity contribution in [2.75, 3.05) is 47.2 Å². The van der Waals surface area contributed by atoms with Gasteiger partial charge in [-0.3, -0.25) is 4.55 Å². The number of benzene rings is 1. The van der Waals surface area contributed by atoms with Crippen molar-refractivity contribution in [2.24, 2.45) is 0 Å². The van der Waals surface area contributed by atoms with Gasteiger partial charge in [0, 0.05) is 12.0 Å². The molecule has 0 saturated carbocycles. The number of ether oxygens (including phenoxy) is 2. The maximum atomic E-state index is 10.8. The monoisotopic (exact) mass is 318 g/mol. The molecule has 1 aromatic carbocycles. The van der Waals surface area contributed by atoms with Crippen molar-refractivity contribution in [3.8, 4) is 11.5 Å². The van der Waals surface area contributed by atoms with Crippen LogP contribution in [0.1, 0.15) is 5.56 Å². The van der Waals surface area contributed by atoms with Gasteiger partial charge in [0.1, 0.15) is 5.75 Å². The first kappa shape index (κ1) is 17.7. The maximum absolute atomic E-state index is 10.8. The van der Waals surface area contributed by atoms with Crippen molar-refractivity contribution in [3.05, 3.63) is 23.8 Å². The standard InChI is InChI=1S/C14H23NO5S/c1-15(2,10-11-21(16,17)18)9-8-12-6-5-7-13(19-3)14(12)20-4/h5-7H,8-11H2,1-4H3/p+1. The van der Waals surface area contributed by atoms with Gasteiger partial charge in [0.2, 0.25) is 0 Å². The van der Waals surface area contributed by atoms with Gasteiger partial charge in [0.15, 0.2) is 11.5 Å². The summed E-state index contributed by atoms with van der Waals surface area (Å²) in [6.07, 6.45) is 0.721. The minimum atomic E-state index is -3.92. The molecule has 0 heterocycles. The molecule has 0 aliphatic rings. The van der Waals surface area contributed by atoms with Crippen molar-refractivity contribution in [1.82, 2.24) is 0 Å². The highest BCUT2D eigenvalue weighted by molar-refractivity contribution is 7.85. The van der Waals surface area contributed by atoms with E-state index in [0.717, 1.165) is 18.5 Å². The van der Waals surface area contributed by atoms with E-state index in [9.17, 15) is 8.42 Å². The summed E-state index contributed by atoms with van der Waals surface area (Å²) in [5, 5.41) is 0. The quantitative estimate of drug-likeness (QED) is 0.576. The molecule has 0 atom stereocenters. The number of methoxy groups -OCH3 is 2. The maximum Gasteiger partial charge on any atom is 0.270 e. The Morgan fingerprint density at radius 2 is 1.81 bits per heavy atom. The second kappa shape index (κ2) is 7.11. The van der Waals surface area contributed by atoms with Crippen LogP contribution in [0.2, 0.25) is 0 Å². The van der Waals surface area contributed by atoms with E-state index in [4.69, 9.17) is 14.0 Å². The first-order valence-corrected chi connectivity index (χ1v) is 8.26. The number of para-hydroxylation sites is 1. The smallest absolute Gasteiger partial charge is 0.270 e. The lowest BCUT2D eigenvalue weighted by Crippen LogP contribution is -2.44. The summed E-state index contributed by atoms with van der Waals surface area (Å²) >= 11 is 0. The van der Waals surface area contributed by atoms with Gasteiger partial charge in [-0.1, -0.05) is 12.1 Å².